The van der Waals surface area contributed by atoms with Crippen LogP contribution in [-0.2, 0) is 16.1 Å². The zero-order valence-corrected chi connectivity index (χ0v) is 15.4. The Kier molecular flexibility index (Phi) is 6.11. The molecule has 2 bridgehead atoms. The van der Waals surface area contributed by atoms with Crippen LogP contribution in [0.2, 0.25) is 0 Å². The summed E-state index contributed by atoms with van der Waals surface area (Å²) in [7, 11) is 0. The molecular formula is C20H28N4O3. The van der Waals surface area contributed by atoms with Crippen LogP contribution in [0, 0.1) is 17.8 Å². The summed E-state index contributed by atoms with van der Waals surface area (Å²) < 4.78 is 0. The van der Waals surface area contributed by atoms with Crippen molar-refractivity contribution in [1.29, 1.82) is 0 Å². The number of benzene rings is 1. The highest BCUT2D eigenvalue weighted by Gasteiger charge is 2.40. The number of hydrogen-bond acceptors (Lipinski definition) is 4. The first-order valence-corrected chi connectivity index (χ1v) is 9.62. The molecule has 7 nitrogen and oxygen atoms in total. The Morgan fingerprint density at radius 1 is 1.00 bits per heavy atom. The van der Waals surface area contributed by atoms with Crippen molar-refractivity contribution in [1.82, 2.24) is 10.6 Å². The molecule has 3 rings (SSSR count). The van der Waals surface area contributed by atoms with E-state index >= 15 is 0 Å². The van der Waals surface area contributed by atoms with Crippen LogP contribution in [0.1, 0.15) is 48.0 Å². The predicted octanol–water partition coefficient (Wildman–Crippen LogP) is 0.672. The first-order valence-electron chi connectivity index (χ1n) is 9.62. The molecule has 27 heavy (non-hydrogen) atoms. The zero-order valence-electron chi connectivity index (χ0n) is 15.4. The molecule has 0 heterocycles. The number of nitrogens with two attached hydrogens (primary N) is 2. The van der Waals surface area contributed by atoms with E-state index in [2.05, 4.69) is 10.6 Å². The number of hydrogen-bond donors (Lipinski definition) is 4. The Labute approximate surface area is 159 Å². The van der Waals surface area contributed by atoms with Crippen LogP contribution in [-0.4, -0.2) is 30.3 Å². The molecule has 2 unspecified atom stereocenters. The lowest BCUT2D eigenvalue weighted by Gasteiger charge is -2.43. The van der Waals surface area contributed by atoms with Gasteiger partial charge >= 0.3 is 0 Å². The van der Waals surface area contributed by atoms with E-state index in [-0.39, 0.29) is 30.3 Å². The molecule has 0 radical (unpaired) electrons. The number of nitrogens with one attached hydrogen (secondary N) is 2. The van der Waals surface area contributed by atoms with Crippen molar-refractivity contribution in [3.63, 3.8) is 0 Å². The van der Waals surface area contributed by atoms with Crippen LogP contribution >= 0.6 is 0 Å². The lowest BCUT2D eigenvalue weighted by molar-refractivity contribution is -0.128. The van der Waals surface area contributed by atoms with Crippen molar-refractivity contribution in [3.8, 4) is 0 Å². The Morgan fingerprint density at radius 3 is 2.22 bits per heavy atom. The molecule has 0 aromatic heterocycles. The smallest absolute Gasteiger partial charge is 0.251 e. The maximum absolute atomic E-state index is 12.6. The van der Waals surface area contributed by atoms with Gasteiger partial charge < -0.3 is 22.1 Å². The van der Waals surface area contributed by atoms with Gasteiger partial charge in [0.05, 0.1) is 6.54 Å². The molecule has 2 aliphatic carbocycles. The number of rotatable bonds is 6. The van der Waals surface area contributed by atoms with Crippen molar-refractivity contribution in [2.24, 2.45) is 29.2 Å². The van der Waals surface area contributed by atoms with E-state index in [4.69, 9.17) is 11.5 Å². The van der Waals surface area contributed by atoms with Crippen molar-refractivity contribution in [3.05, 3.63) is 35.4 Å². The van der Waals surface area contributed by atoms with E-state index in [1.165, 1.54) is 6.42 Å². The normalized spacial score (nSPS) is 26.9. The third kappa shape index (κ3) is 4.86. The third-order valence-corrected chi connectivity index (χ3v) is 5.89. The van der Waals surface area contributed by atoms with E-state index in [1.54, 1.807) is 24.3 Å². The fourth-order valence-electron chi connectivity index (χ4n) is 4.38. The summed E-state index contributed by atoms with van der Waals surface area (Å²) in [5.41, 5.74) is 12.7. The first kappa shape index (κ1) is 19.4. The minimum atomic E-state index is -0.588. The standard InChI is InChI=1S/C20H28N4O3/c21-17(25)11-24-19(26)13-6-4-12(5-7-13)10-23-20(27)16-8-14-2-1-3-15(9-16)18(14)22/h4-7,14-16,18H,1-3,8-11,22H2,(H2,21,25)(H,23,27)(H,24,26). The Bertz CT molecular complexity index is 690. The highest BCUT2D eigenvalue weighted by molar-refractivity contribution is 5.96. The van der Waals surface area contributed by atoms with E-state index in [9.17, 15) is 14.4 Å². The molecule has 2 aliphatic rings. The summed E-state index contributed by atoms with van der Waals surface area (Å²) in [6.07, 6.45) is 5.29. The highest BCUT2D eigenvalue weighted by atomic mass is 16.2. The van der Waals surface area contributed by atoms with E-state index < -0.39 is 5.91 Å². The fraction of sp³-hybridized carbons (Fsp3) is 0.550. The second-order valence-electron chi connectivity index (χ2n) is 7.76. The average Bonchev–Trinajstić information content (AvgIpc) is 2.64. The lowest BCUT2D eigenvalue weighted by atomic mass is 9.65. The van der Waals surface area contributed by atoms with Gasteiger partial charge in [-0.3, -0.25) is 14.4 Å². The maximum Gasteiger partial charge on any atom is 0.251 e. The summed E-state index contributed by atoms with van der Waals surface area (Å²) in [6, 6.07) is 7.19. The SMILES string of the molecule is NC(=O)CNC(=O)c1ccc(CNC(=O)C2CC3CCCC(C2)C3N)cc1. The zero-order chi connectivity index (χ0) is 19.4. The van der Waals surface area contributed by atoms with Crippen LogP contribution in [0.25, 0.3) is 0 Å². The molecule has 1 aromatic carbocycles. The highest BCUT2D eigenvalue weighted by Crippen LogP contribution is 2.41. The fourth-order valence-corrected chi connectivity index (χ4v) is 4.38. The minimum absolute atomic E-state index is 0.0546. The predicted molar refractivity (Wildman–Crippen MR) is 101 cm³/mol. The Morgan fingerprint density at radius 2 is 1.63 bits per heavy atom. The van der Waals surface area contributed by atoms with Crippen molar-refractivity contribution in [2.75, 3.05) is 6.54 Å². The molecule has 3 amide bonds. The summed E-state index contributed by atoms with van der Waals surface area (Å²) in [5, 5.41) is 5.46. The lowest BCUT2D eigenvalue weighted by Crippen LogP contribution is -2.49. The number of primary amides is 1. The first-order chi connectivity index (χ1) is 12.9. The van der Waals surface area contributed by atoms with Gasteiger partial charge in [-0.15, -0.1) is 0 Å². The van der Waals surface area contributed by atoms with Crippen molar-refractivity contribution < 1.29 is 14.4 Å². The Hall–Kier alpha value is -2.41. The number of carbonyl (C=O) groups excluding carboxylic acids is 3. The molecule has 146 valence electrons. The number of amides is 3. The average molecular weight is 372 g/mol. The molecule has 1 aromatic rings. The second-order valence-corrected chi connectivity index (χ2v) is 7.76. The molecule has 2 fully saturated rings. The van der Waals surface area contributed by atoms with Gasteiger partial charge in [-0.25, -0.2) is 0 Å². The van der Waals surface area contributed by atoms with Crippen LogP contribution in [0.5, 0.6) is 0 Å². The Balaban J connectivity index is 1.49. The van der Waals surface area contributed by atoms with E-state index in [0.29, 0.717) is 23.9 Å². The molecular weight excluding hydrogens is 344 g/mol. The summed E-state index contributed by atoms with van der Waals surface area (Å²) >= 11 is 0. The number of fused-ring (bicyclic) bond motifs is 2. The molecule has 0 spiro atoms. The van der Waals surface area contributed by atoms with Gasteiger partial charge in [-0.05, 0) is 55.2 Å². The van der Waals surface area contributed by atoms with Gasteiger partial charge in [-0.2, -0.15) is 0 Å². The summed E-state index contributed by atoms with van der Waals surface area (Å²) in [5.74, 6) is 0.170. The van der Waals surface area contributed by atoms with Crippen LogP contribution in [0.4, 0.5) is 0 Å². The molecule has 6 N–H and O–H groups in total. The molecule has 2 atom stereocenters. The topological polar surface area (TPSA) is 127 Å². The van der Waals surface area contributed by atoms with Gasteiger partial charge in [0.15, 0.2) is 0 Å². The third-order valence-electron chi connectivity index (χ3n) is 5.89. The van der Waals surface area contributed by atoms with Crippen LogP contribution in [0.15, 0.2) is 24.3 Å². The van der Waals surface area contributed by atoms with Crippen molar-refractivity contribution in [2.45, 2.75) is 44.7 Å². The number of carbonyl (C=O) groups is 3. The minimum Gasteiger partial charge on any atom is -0.368 e. The maximum atomic E-state index is 12.6. The molecule has 0 saturated heterocycles. The quantitative estimate of drug-likeness (QED) is 0.585. The van der Waals surface area contributed by atoms with E-state index in [1.807, 2.05) is 0 Å². The molecule has 7 heteroatoms. The van der Waals surface area contributed by atoms with Crippen LogP contribution < -0.4 is 22.1 Å². The van der Waals surface area contributed by atoms with Crippen molar-refractivity contribution >= 4 is 17.7 Å². The largest absolute Gasteiger partial charge is 0.368 e. The van der Waals surface area contributed by atoms with Gasteiger partial charge in [0.1, 0.15) is 0 Å². The van der Waals surface area contributed by atoms with Crippen LogP contribution in [0.3, 0.4) is 0 Å². The second kappa shape index (κ2) is 8.52. The molecule has 2 saturated carbocycles. The molecule has 0 aliphatic heterocycles. The summed E-state index contributed by atoms with van der Waals surface area (Å²) in [4.78, 5) is 35.1. The van der Waals surface area contributed by atoms with Gasteiger partial charge in [0, 0.05) is 24.1 Å². The van der Waals surface area contributed by atoms with E-state index in [0.717, 1.165) is 31.2 Å². The van der Waals surface area contributed by atoms with Gasteiger partial charge in [0.2, 0.25) is 11.8 Å². The van der Waals surface area contributed by atoms with Gasteiger partial charge in [0.25, 0.3) is 5.91 Å². The summed E-state index contributed by atoms with van der Waals surface area (Å²) in [6.45, 7) is 0.240. The monoisotopic (exact) mass is 372 g/mol. The van der Waals surface area contributed by atoms with Gasteiger partial charge in [-0.1, -0.05) is 18.6 Å².